The van der Waals surface area contributed by atoms with E-state index in [-0.39, 0.29) is 0 Å². The van der Waals surface area contributed by atoms with Crippen molar-refractivity contribution in [1.29, 1.82) is 5.26 Å². The number of aromatic nitrogens is 1. The highest BCUT2D eigenvalue weighted by Crippen LogP contribution is 2.19. The van der Waals surface area contributed by atoms with Crippen LogP contribution in [0.2, 0.25) is 0 Å². The van der Waals surface area contributed by atoms with E-state index in [9.17, 15) is 0 Å². The summed E-state index contributed by atoms with van der Waals surface area (Å²) >= 11 is 0. The van der Waals surface area contributed by atoms with Gasteiger partial charge >= 0.3 is 0 Å². The molecule has 2 rings (SSSR count). The van der Waals surface area contributed by atoms with Gasteiger partial charge in [-0.3, -0.25) is 0 Å². The van der Waals surface area contributed by atoms with Gasteiger partial charge in [0.15, 0.2) is 5.58 Å². The molecule has 1 heterocycles. The number of nitrogens with zero attached hydrogens (tertiary/aromatic N) is 2. The third kappa shape index (κ3) is 1.09. The van der Waals surface area contributed by atoms with Gasteiger partial charge in [-0.05, 0) is 18.2 Å². The molecule has 1 aromatic heterocycles. The van der Waals surface area contributed by atoms with Crippen LogP contribution in [0, 0.1) is 11.3 Å². The summed E-state index contributed by atoms with van der Waals surface area (Å²) in [5, 5.41) is 8.76. The highest BCUT2D eigenvalue weighted by Gasteiger charge is 2.06. The predicted octanol–water partition coefficient (Wildman–Crippen LogP) is 2.34. The fourth-order valence-corrected chi connectivity index (χ4v) is 1.14. The molecule has 0 N–H and O–H groups in total. The van der Waals surface area contributed by atoms with Crippen LogP contribution in [0.25, 0.3) is 17.2 Å². The van der Waals surface area contributed by atoms with Crippen molar-refractivity contribution < 1.29 is 4.42 Å². The molecule has 0 saturated heterocycles. The first-order valence-electron chi connectivity index (χ1n) is 3.77. The summed E-state index contributed by atoms with van der Waals surface area (Å²) in [6.07, 6.45) is 1.52. The monoisotopic (exact) mass is 170 g/mol. The van der Waals surface area contributed by atoms with Crippen LogP contribution in [0.4, 0.5) is 0 Å². The number of para-hydroxylation sites is 1. The minimum absolute atomic E-state index is 0.442. The van der Waals surface area contributed by atoms with Gasteiger partial charge in [0.25, 0.3) is 0 Å². The molecule has 1 aromatic carbocycles. The normalized spacial score (nSPS) is 9.77. The van der Waals surface area contributed by atoms with E-state index in [4.69, 9.17) is 9.68 Å². The van der Waals surface area contributed by atoms with Gasteiger partial charge in [0.2, 0.25) is 5.89 Å². The fraction of sp³-hybridized carbons (Fsp3) is 0. The summed E-state index contributed by atoms with van der Waals surface area (Å²) in [6.45, 7) is 3.54. The molecule has 0 fully saturated rings. The van der Waals surface area contributed by atoms with Crippen LogP contribution in [0.1, 0.15) is 11.5 Å². The first-order valence-corrected chi connectivity index (χ1v) is 3.77. The minimum atomic E-state index is 0.442. The Morgan fingerprint density at radius 2 is 2.38 bits per heavy atom. The van der Waals surface area contributed by atoms with Crippen molar-refractivity contribution in [1.82, 2.24) is 4.98 Å². The lowest BCUT2D eigenvalue weighted by Gasteiger charge is -1.86. The first kappa shape index (κ1) is 7.56. The molecular weight excluding hydrogens is 164 g/mol. The lowest BCUT2D eigenvalue weighted by molar-refractivity contribution is 0.589. The summed E-state index contributed by atoms with van der Waals surface area (Å²) in [4.78, 5) is 4.09. The van der Waals surface area contributed by atoms with Gasteiger partial charge < -0.3 is 4.42 Å². The van der Waals surface area contributed by atoms with Crippen LogP contribution in [-0.2, 0) is 0 Å². The molecule has 62 valence electrons. The Hall–Kier alpha value is -2.08. The predicted molar refractivity (Wildman–Crippen MR) is 48.8 cm³/mol. The largest absolute Gasteiger partial charge is 0.437 e. The third-order valence-corrected chi connectivity index (χ3v) is 1.73. The molecule has 0 unspecified atom stereocenters. The zero-order valence-corrected chi connectivity index (χ0v) is 6.82. The van der Waals surface area contributed by atoms with Crippen LogP contribution >= 0.6 is 0 Å². The number of hydrogen-bond acceptors (Lipinski definition) is 3. The molecule has 0 aliphatic carbocycles. The van der Waals surface area contributed by atoms with Gasteiger partial charge in [0.05, 0.1) is 5.56 Å². The van der Waals surface area contributed by atoms with E-state index in [1.54, 1.807) is 18.2 Å². The molecular formula is C10H6N2O. The second-order valence-electron chi connectivity index (χ2n) is 2.52. The highest BCUT2D eigenvalue weighted by molar-refractivity contribution is 5.80. The van der Waals surface area contributed by atoms with Crippen molar-refractivity contribution in [2.75, 3.05) is 0 Å². The Balaban J connectivity index is 2.83. The van der Waals surface area contributed by atoms with Crippen LogP contribution in [-0.4, -0.2) is 4.98 Å². The van der Waals surface area contributed by atoms with Crippen molar-refractivity contribution in [2.24, 2.45) is 0 Å². The topological polar surface area (TPSA) is 49.8 Å². The molecule has 3 heteroatoms. The van der Waals surface area contributed by atoms with E-state index in [0.717, 1.165) is 0 Å². The Labute approximate surface area is 74.9 Å². The zero-order valence-electron chi connectivity index (χ0n) is 6.82. The third-order valence-electron chi connectivity index (χ3n) is 1.73. The van der Waals surface area contributed by atoms with Gasteiger partial charge in [0.1, 0.15) is 11.6 Å². The molecule has 0 atom stereocenters. The molecule has 0 amide bonds. The van der Waals surface area contributed by atoms with Gasteiger partial charge in [-0.25, -0.2) is 4.98 Å². The highest BCUT2D eigenvalue weighted by atomic mass is 16.3. The smallest absolute Gasteiger partial charge is 0.219 e. The molecule has 0 saturated carbocycles. The average Bonchev–Trinajstić information content (AvgIpc) is 2.59. The Kier molecular flexibility index (Phi) is 1.60. The van der Waals surface area contributed by atoms with Crippen LogP contribution in [0.15, 0.2) is 29.2 Å². The molecule has 0 bridgehead atoms. The molecule has 13 heavy (non-hydrogen) atoms. The van der Waals surface area contributed by atoms with E-state index in [1.807, 2.05) is 0 Å². The van der Waals surface area contributed by atoms with Crippen LogP contribution in [0.5, 0.6) is 0 Å². The maximum Gasteiger partial charge on any atom is 0.219 e. The van der Waals surface area contributed by atoms with E-state index in [0.29, 0.717) is 22.6 Å². The fourth-order valence-electron chi connectivity index (χ4n) is 1.14. The maximum atomic E-state index is 8.76. The summed E-state index contributed by atoms with van der Waals surface area (Å²) in [5.74, 6) is 0.442. The standard InChI is InChI=1S/C10H6N2O/c1-2-9-12-10-7(6-11)4-3-5-8(10)13-9/h2-5H,1H2. The molecule has 0 aliphatic rings. The number of benzene rings is 1. The summed E-state index contributed by atoms with van der Waals surface area (Å²) in [6, 6.07) is 7.29. The lowest BCUT2D eigenvalue weighted by atomic mass is 10.2. The average molecular weight is 170 g/mol. The second kappa shape index (κ2) is 2.76. The molecule has 0 spiro atoms. The molecule has 0 aliphatic heterocycles. The number of fused-ring (bicyclic) bond motifs is 1. The number of hydrogen-bond donors (Lipinski definition) is 0. The van der Waals surface area contributed by atoms with E-state index in [1.165, 1.54) is 6.08 Å². The lowest BCUT2D eigenvalue weighted by Crippen LogP contribution is -1.76. The van der Waals surface area contributed by atoms with Crippen LogP contribution < -0.4 is 0 Å². The number of nitriles is 1. The van der Waals surface area contributed by atoms with Crippen LogP contribution in [0.3, 0.4) is 0 Å². The molecule has 3 nitrogen and oxygen atoms in total. The quantitative estimate of drug-likeness (QED) is 0.660. The van der Waals surface area contributed by atoms with E-state index >= 15 is 0 Å². The summed E-state index contributed by atoms with van der Waals surface area (Å²) in [5.41, 5.74) is 1.74. The van der Waals surface area contributed by atoms with Crippen molar-refractivity contribution in [3.05, 3.63) is 36.2 Å². The molecule has 2 aromatic rings. The molecule has 0 radical (unpaired) electrons. The van der Waals surface area contributed by atoms with Crippen molar-refractivity contribution in [3.63, 3.8) is 0 Å². The van der Waals surface area contributed by atoms with Gasteiger partial charge in [-0.2, -0.15) is 5.26 Å². The number of oxazole rings is 1. The Morgan fingerprint density at radius 1 is 1.54 bits per heavy atom. The van der Waals surface area contributed by atoms with E-state index in [2.05, 4.69) is 17.6 Å². The van der Waals surface area contributed by atoms with Gasteiger partial charge in [-0.15, -0.1) is 0 Å². The van der Waals surface area contributed by atoms with Gasteiger partial charge in [-0.1, -0.05) is 12.6 Å². The van der Waals surface area contributed by atoms with E-state index < -0.39 is 0 Å². The van der Waals surface area contributed by atoms with Crippen molar-refractivity contribution >= 4 is 17.2 Å². The summed E-state index contributed by atoms with van der Waals surface area (Å²) in [7, 11) is 0. The number of rotatable bonds is 1. The minimum Gasteiger partial charge on any atom is -0.437 e. The maximum absolute atomic E-state index is 8.76. The van der Waals surface area contributed by atoms with Crippen molar-refractivity contribution in [2.45, 2.75) is 0 Å². The Morgan fingerprint density at radius 3 is 3.08 bits per heavy atom. The van der Waals surface area contributed by atoms with Crippen molar-refractivity contribution in [3.8, 4) is 6.07 Å². The van der Waals surface area contributed by atoms with Gasteiger partial charge in [0, 0.05) is 0 Å². The SMILES string of the molecule is C=Cc1nc2c(C#N)cccc2o1. The Bertz CT molecular complexity index is 505. The first-order chi connectivity index (χ1) is 6.35. The zero-order chi connectivity index (χ0) is 9.26. The second-order valence-corrected chi connectivity index (χ2v) is 2.52. The summed E-state index contributed by atoms with van der Waals surface area (Å²) < 4.78 is 5.28.